The van der Waals surface area contributed by atoms with E-state index in [1.807, 2.05) is 30.3 Å². The zero-order chi connectivity index (χ0) is 21.0. The number of hydrogen-bond acceptors (Lipinski definition) is 5. The van der Waals surface area contributed by atoms with Crippen molar-refractivity contribution in [3.8, 4) is 5.75 Å². The number of benzene rings is 1. The molecule has 0 radical (unpaired) electrons. The van der Waals surface area contributed by atoms with Crippen molar-refractivity contribution in [2.45, 2.75) is 31.7 Å². The van der Waals surface area contributed by atoms with Crippen LogP contribution in [-0.4, -0.2) is 57.9 Å². The molecule has 7 nitrogen and oxygen atoms in total. The third kappa shape index (κ3) is 8.34. The smallest absolute Gasteiger partial charge is 0.195 e. The molecule has 1 aromatic carbocycles. The van der Waals surface area contributed by atoms with Crippen LogP contribution in [0.5, 0.6) is 5.75 Å². The molecule has 1 aliphatic heterocycles. The van der Waals surface area contributed by atoms with E-state index in [0.29, 0.717) is 13.2 Å². The van der Waals surface area contributed by atoms with Crippen molar-refractivity contribution < 1.29 is 13.9 Å². The van der Waals surface area contributed by atoms with E-state index < -0.39 is 0 Å². The molecule has 0 spiro atoms. The number of methoxy groups -OCH3 is 1. The number of rotatable bonds is 10. The van der Waals surface area contributed by atoms with Gasteiger partial charge < -0.3 is 24.5 Å². The Morgan fingerprint density at radius 2 is 2.00 bits per heavy atom. The number of piperidine rings is 1. The summed E-state index contributed by atoms with van der Waals surface area (Å²) in [7, 11) is 3.48. The summed E-state index contributed by atoms with van der Waals surface area (Å²) >= 11 is 0. The fraction of sp³-hybridized carbons (Fsp3) is 0.522. The summed E-state index contributed by atoms with van der Waals surface area (Å²) in [4.78, 5) is 6.88. The van der Waals surface area contributed by atoms with Gasteiger partial charge >= 0.3 is 0 Å². The summed E-state index contributed by atoms with van der Waals surface area (Å²) in [5.41, 5.74) is 0.930. The van der Waals surface area contributed by atoms with Crippen LogP contribution in [0.25, 0.3) is 0 Å². The topological polar surface area (TPSA) is 71.3 Å². The molecular weight excluding hydrogens is 507 g/mol. The van der Waals surface area contributed by atoms with Gasteiger partial charge in [0.1, 0.15) is 11.5 Å². The Bertz CT molecular complexity index is 764. The van der Waals surface area contributed by atoms with Crippen molar-refractivity contribution in [1.82, 2.24) is 10.2 Å². The standard InChI is InChI=1S/C23H34N4O3.HI/c1-24-23(26-19-9-6-10-20(17-19)29-16-8-14-28-2)25-18-21(22-11-7-15-30-22)27-12-4-3-5-13-27;/h6-7,9-11,15,17,21H,3-5,8,12-14,16,18H2,1-2H3,(H2,24,25,26);1H. The molecule has 0 saturated carbocycles. The first-order valence-electron chi connectivity index (χ1n) is 10.8. The average Bonchev–Trinajstić information content (AvgIpc) is 3.32. The fourth-order valence-electron chi connectivity index (χ4n) is 3.69. The maximum absolute atomic E-state index is 5.79. The highest BCUT2D eigenvalue weighted by molar-refractivity contribution is 14.0. The van der Waals surface area contributed by atoms with Gasteiger partial charge in [0, 0.05) is 45.5 Å². The molecule has 3 rings (SSSR count). The van der Waals surface area contributed by atoms with Crippen molar-refractivity contribution >= 4 is 35.6 Å². The number of hydrogen-bond donors (Lipinski definition) is 2. The van der Waals surface area contributed by atoms with Crippen LogP contribution < -0.4 is 15.4 Å². The first-order chi connectivity index (χ1) is 14.8. The Balaban J connectivity index is 0.00000341. The second-order valence-corrected chi connectivity index (χ2v) is 7.43. The van der Waals surface area contributed by atoms with E-state index in [1.54, 1.807) is 20.4 Å². The monoisotopic (exact) mass is 542 g/mol. The Hall–Kier alpha value is -1.78. The SMILES string of the molecule is CN=C(NCC(c1ccco1)N1CCCCC1)Nc1cccc(OCCCOC)c1.I. The second kappa shape index (κ2) is 14.3. The van der Waals surface area contributed by atoms with Crippen LogP contribution in [0.4, 0.5) is 5.69 Å². The maximum Gasteiger partial charge on any atom is 0.195 e. The third-order valence-corrected chi connectivity index (χ3v) is 5.25. The molecule has 172 valence electrons. The highest BCUT2D eigenvalue weighted by Crippen LogP contribution is 2.24. The van der Waals surface area contributed by atoms with Gasteiger partial charge in [-0.05, 0) is 50.2 Å². The number of likely N-dealkylation sites (tertiary alicyclic amines) is 1. The number of nitrogens with zero attached hydrogens (tertiary/aromatic N) is 2. The zero-order valence-electron chi connectivity index (χ0n) is 18.5. The first-order valence-corrected chi connectivity index (χ1v) is 10.8. The van der Waals surface area contributed by atoms with Gasteiger partial charge in [0.2, 0.25) is 0 Å². The second-order valence-electron chi connectivity index (χ2n) is 7.43. The van der Waals surface area contributed by atoms with Gasteiger partial charge in [-0.15, -0.1) is 24.0 Å². The summed E-state index contributed by atoms with van der Waals surface area (Å²) in [5.74, 6) is 2.54. The van der Waals surface area contributed by atoms with Crippen LogP contribution in [0, 0.1) is 0 Å². The Kier molecular flexibility index (Phi) is 11.8. The van der Waals surface area contributed by atoms with Gasteiger partial charge in [-0.3, -0.25) is 9.89 Å². The van der Waals surface area contributed by atoms with Crippen LogP contribution in [0.2, 0.25) is 0 Å². The molecule has 1 atom stereocenters. The number of furan rings is 1. The molecule has 2 heterocycles. The Morgan fingerprint density at radius 3 is 2.71 bits per heavy atom. The molecule has 1 unspecified atom stereocenters. The van der Waals surface area contributed by atoms with Gasteiger partial charge in [0.05, 0.1) is 18.9 Å². The van der Waals surface area contributed by atoms with Crippen LogP contribution >= 0.6 is 24.0 Å². The Morgan fingerprint density at radius 1 is 1.16 bits per heavy atom. The van der Waals surface area contributed by atoms with Crippen molar-refractivity contribution in [3.63, 3.8) is 0 Å². The minimum atomic E-state index is 0. The number of aliphatic imine (C=N–C) groups is 1. The van der Waals surface area contributed by atoms with Gasteiger partial charge in [-0.25, -0.2) is 0 Å². The number of anilines is 1. The lowest BCUT2D eigenvalue weighted by Gasteiger charge is -2.33. The fourth-order valence-corrected chi connectivity index (χ4v) is 3.69. The summed E-state index contributed by atoms with van der Waals surface area (Å²) < 4.78 is 16.6. The lowest BCUT2D eigenvalue weighted by atomic mass is 10.1. The summed E-state index contributed by atoms with van der Waals surface area (Å²) in [6, 6.07) is 12.1. The molecule has 0 bridgehead atoms. The molecule has 31 heavy (non-hydrogen) atoms. The molecule has 1 aromatic heterocycles. The maximum atomic E-state index is 5.79. The summed E-state index contributed by atoms with van der Waals surface area (Å²) in [6.45, 7) is 4.25. The number of halogens is 1. The van der Waals surface area contributed by atoms with E-state index in [9.17, 15) is 0 Å². The number of ether oxygens (including phenoxy) is 2. The van der Waals surface area contributed by atoms with Gasteiger partial charge in [0.25, 0.3) is 0 Å². The largest absolute Gasteiger partial charge is 0.493 e. The van der Waals surface area contributed by atoms with Gasteiger partial charge in [0.15, 0.2) is 5.96 Å². The van der Waals surface area contributed by atoms with E-state index in [2.05, 4.69) is 26.6 Å². The average molecular weight is 542 g/mol. The van der Waals surface area contributed by atoms with Crippen LogP contribution in [0.3, 0.4) is 0 Å². The van der Waals surface area contributed by atoms with E-state index >= 15 is 0 Å². The van der Waals surface area contributed by atoms with Gasteiger partial charge in [-0.2, -0.15) is 0 Å². The quantitative estimate of drug-likeness (QED) is 0.199. The van der Waals surface area contributed by atoms with E-state index in [-0.39, 0.29) is 30.0 Å². The van der Waals surface area contributed by atoms with Crippen LogP contribution in [-0.2, 0) is 4.74 Å². The minimum Gasteiger partial charge on any atom is -0.493 e. The molecule has 2 N–H and O–H groups in total. The summed E-state index contributed by atoms with van der Waals surface area (Å²) in [6.07, 6.45) is 6.39. The van der Waals surface area contributed by atoms with E-state index in [1.165, 1.54) is 19.3 Å². The Labute approximate surface area is 202 Å². The highest BCUT2D eigenvalue weighted by Gasteiger charge is 2.24. The molecule has 0 amide bonds. The molecule has 1 saturated heterocycles. The normalized spacial score (nSPS) is 15.7. The molecular formula is C23H35IN4O3. The predicted molar refractivity (Wildman–Crippen MR) is 136 cm³/mol. The number of guanidine groups is 1. The van der Waals surface area contributed by atoms with E-state index in [4.69, 9.17) is 13.9 Å². The molecule has 2 aromatic rings. The van der Waals surface area contributed by atoms with Crippen LogP contribution in [0.1, 0.15) is 37.5 Å². The zero-order valence-corrected chi connectivity index (χ0v) is 20.8. The first kappa shape index (κ1) is 25.5. The molecule has 1 fully saturated rings. The van der Waals surface area contributed by atoms with Crippen molar-refractivity contribution in [3.05, 3.63) is 48.4 Å². The molecule has 1 aliphatic rings. The van der Waals surface area contributed by atoms with Crippen LogP contribution in [0.15, 0.2) is 52.1 Å². The lowest BCUT2D eigenvalue weighted by molar-refractivity contribution is 0.146. The number of nitrogens with one attached hydrogen (secondary N) is 2. The lowest BCUT2D eigenvalue weighted by Crippen LogP contribution is -2.42. The van der Waals surface area contributed by atoms with Crippen molar-refractivity contribution in [2.24, 2.45) is 4.99 Å². The van der Waals surface area contributed by atoms with Gasteiger partial charge in [-0.1, -0.05) is 12.5 Å². The third-order valence-electron chi connectivity index (χ3n) is 5.25. The molecule has 0 aliphatic carbocycles. The van der Waals surface area contributed by atoms with Crippen molar-refractivity contribution in [1.29, 1.82) is 0 Å². The van der Waals surface area contributed by atoms with Crippen molar-refractivity contribution in [2.75, 3.05) is 52.3 Å². The molecule has 8 heteroatoms. The van der Waals surface area contributed by atoms with E-state index in [0.717, 1.165) is 49.2 Å². The minimum absolute atomic E-state index is 0. The highest BCUT2D eigenvalue weighted by atomic mass is 127. The summed E-state index contributed by atoms with van der Waals surface area (Å²) in [5, 5.41) is 6.82. The predicted octanol–water partition coefficient (Wildman–Crippen LogP) is 4.53.